The lowest BCUT2D eigenvalue weighted by Crippen LogP contribution is -2.33. The zero-order chi connectivity index (χ0) is 19.8. The van der Waals surface area contributed by atoms with Gasteiger partial charge in [0.2, 0.25) is 15.7 Å². The largest absolute Gasteiger partial charge is 0.366 e. The summed E-state index contributed by atoms with van der Waals surface area (Å²) >= 11 is 0. The fourth-order valence-corrected chi connectivity index (χ4v) is 3.80. The van der Waals surface area contributed by atoms with Crippen LogP contribution < -0.4 is 4.90 Å². The van der Waals surface area contributed by atoms with E-state index in [9.17, 15) is 27.3 Å². The molecule has 0 amide bonds. The van der Waals surface area contributed by atoms with Gasteiger partial charge >= 0.3 is 5.76 Å². The Bertz CT molecular complexity index is 955. The Morgan fingerprint density at radius 1 is 1.33 bits per heavy atom. The molecule has 2 aromatic rings. The Kier molecular flexibility index (Phi) is 5.09. The lowest BCUT2D eigenvalue weighted by atomic mass is 9.95. The highest BCUT2D eigenvalue weighted by atomic mass is 32.2. The molecule has 27 heavy (non-hydrogen) atoms. The van der Waals surface area contributed by atoms with Gasteiger partial charge < -0.3 is 9.42 Å². The van der Waals surface area contributed by atoms with E-state index in [0.717, 1.165) is 6.07 Å². The van der Waals surface area contributed by atoms with Crippen LogP contribution in [0, 0.1) is 17.0 Å². The minimum absolute atomic E-state index is 0.0521. The number of halogens is 2. The van der Waals surface area contributed by atoms with Gasteiger partial charge in [-0.1, -0.05) is 5.16 Å². The molecule has 1 saturated heterocycles. The lowest BCUT2D eigenvalue weighted by molar-refractivity contribution is -0.384. The van der Waals surface area contributed by atoms with Gasteiger partial charge in [0.15, 0.2) is 5.82 Å². The maximum atomic E-state index is 12.7. The van der Waals surface area contributed by atoms with Crippen LogP contribution in [0.5, 0.6) is 0 Å². The maximum Gasteiger partial charge on any atom is 0.341 e. The molecule has 0 aliphatic carbocycles. The highest BCUT2D eigenvalue weighted by Crippen LogP contribution is 2.36. The Morgan fingerprint density at radius 2 is 2.00 bits per heavy atom. The van der Waals surface area contributed by atoms with Gasteiger partial charge in [0.1, 0.15) is 5.69 Å². The first-order valence-corrected chi connectivity index (χ1v) is 9.60. The summed E-state index contributed by atoms with van der Waals surface area (Å²) in [6.45, 7) is 2.57. The second kappa shape index (κ2) is 7.18. The van der Waals surface area contributed by atoms with Crippen molar-refractivity contribution < 1.29 is 26.6 Å². The molecule has 1 aliphatic rings. The number of nitro groups is 1. The fourth-order valence-electron chi connectivity index (χ4n) is 3.06. The number of piperidine rings is 1. The predicted octanol–water partition coefficient (Wildman–Crippen LogP) is 2.67. The highest BCUT2D eigenvalue weighted by molar-refractivity contribution is 7.91. The third-order valence-corrected chi connectivity index (χ3v) is 5.83. The Hall–Kier alpha value is -2.63. The summed E-state index contributed by atoms with van der Waals surface area (Å²) in [7, 11) is -4.91. The Balaban J connectivity index is 1.84. The van der Waals surface area contributed by atoms with Gasteiger partial charge in [-0.3, -0.25) is 10.1 Å². The molecule has 0 radical (unpaired) electrons. The molecule has 146 valence electrons. The molecule has 1 aliphatic heterocycles. The van der Waals surface area contributed by atoms with Crippen molar-refractivity contribution in [1.29, 1.82) is 0 Å². The van der Waals surface area contributed by atoms with Crippen molar-refractivity contribution in [1.82, 2.24) is 10.1 Å². The van der Waals surface area contributed by atoms with E-state index >= 15 is 0 Å². The second-order valence-electron chi connectivity index (χ2n) is 6.15. The van der Waals surface area contributed by atoms with Crippen LogP contribution in [-0.4, -0.2) is 42.3 Å². The van der Waals surface area contributed by atoms with Crippen LogP contribution in [0.2, 0.25) is 0 Å². The van der Waals surface area contributed by atoms with Crippen molar-refractivity contribution in [3.05, 3.63) is 40.0 Å². The fraction of sp³-hybridized carbons (Fsp3) is 0.467. The van der Waals surface area contributed by atoms with Gasteiger partial charge in [0.25, 0.3) is 5.69 Å². The first-order valence-electron chi connectivity index (χ1n) is 8.06. The minimum Gasteiger partial charge on any atom is -0.366 e. The number of rotatable bonds is 5. The number of sulfone groups is 1. The second-order valence-corrected chi connectivity index (χ2v) is 8.06. The molecule has 0 atom stereocenters. The molecule has 1 aromatic carbocycles. The molecular weight excluding hydrogens is 386 g/mol. The van der Waals surface area contributed by atoms with E-state index in [1.165, 1.54) is 6.07 Å². The lowest BCUT2D eigenvalue weighted by Gasteiger charge is -2.32. The summed E-state index contributed by atoms with van der Waals surface area (Å²) in [5.41, 5.74) is -0.332. The minimum atomic E-state index is -4.91. The maximum absolute atomic E-state index is 12.7. The molecule has 1 fully saturated rings. The number of aromatic nitrogens is 2. The summed E-state index contributed by atoms with van der Waals surface area (Å²) < 4.78 is 53.5. The summed E-state index contributed by atoms with van der Waals surface area (Å²) in [5.74, 6) is -2.55. The number of alkyl halides is 2. The van der Waals surface area contributed by atoms with E-state index in [1.807, 2.05) is 0 Å². The van der Waals surface area contributed by atoms with Crippen molar-refractivity contribution in [3.8, 4) is 0 Å². The Labute approximate surface area is 153 Å². The van der Waals surface area contributed by atoms with Crippen LogP contribution in [0.1, 0.15) is 30.5 Å². The van der Waals surface area contributed by atoms with Gasteiger partial charge in [0, 0.05) is 32.0 Å². The van der Waals surface area contributed by atoms with Gasteiger partial charge in [0.05, 0.1) is 9.82 Å². The third-order valence-electron chi connectivity index (χ3n) is 4.45. The van der Waals surface area contributed by atoms with Crippen LogP contribution in [-0.2, 0) is 9.84 Å². The third kappa shape index (κ3) is 3.75. The molecule has 0 bridgehead atoms. The van der Waals surface area contributed by atoms with Crippen molar-refractivity contribution in [3.63, 3.8) is 0 Å². The van der Waals surface area contributed by atoms with E-state index in [4.69, 9.17) is 4.52 Å². The standard InChI is InChI=1S/C15H16F2N4O5S/c1-9-18-14(19-26-9)10-4-6-20(7-5-10)12-3-2-11(8-13(12)21(22)23)27(24,25)15(16)17/h2-3,8,10,15H,4-7H2,1H3. The number of nitrogens with zero attached hydrogens (tertiary/aromatic N) is 4. The number of nitro benzene ring substituents is 1. The molecule has 2 heterocycles. The van der Waals surface area contributed by atoms with E-state index < -0.39 is 31.1 Å². The average Bonchev–Trinajstić information content (AvgIpc) is 3.07. The molecule has 0 saturated carbocycles. The molecule has 9 nitrogen and oxygen atoms in total. The van der Waals surface area contributed by atoms with Gasteiger partial charge in [-0.05, 0) is 25.0 Å². The quantitative estimate of drug-likeness (QED) is 0.553. The summed E-state index contributed by atoms with van der Waals surface area (Å²) in [6.07, 6.45) is 1.24. The van der Waals surface area contributed by atoms with Crippen LogP contribution in [0.15, 0.2) is 27.6 Å². The van der Waals surface area contributed by atoms with Gasteiger partial charge in [-0.25, -0.2) is 8.42 Å². The number of hydrogen-bond acceptors (Lipinski definition) is 8. The van der Waals surface area contributed by atoms with Crippen molar-refractivity contribution in [2.24, 2.45) is 0 Å². The summed E-state index contributed by atoms with van der Waals surface area (Å²) in [4.78, 5) is 15.7. The number of aryl methyl sites for hydroxylation is 1. The molecule has 0 unspecified atom stereocenters. The van der Waals surface area contributed by atoms with Crippen LogP contribution in [0.25, 0.3) is 0 Å². The zero-order valence-electron chi connectivity index (χ0n) is 14.2. The molecule has 1 aromatic heterocycles. The normalized spacial score (nSPS) is 16.1. The van der Waals surface area contributed by atoms with Crippen molar-refractivity contribution >= 4 is 21.2 Å². The van der Waals surface area contributed by atoms with Gasteiger partial charge in [-0.2, -0.15) is 13.8 Å². The van der Waals surface area contributed by atoms with Crippen LogP contribution in [0.4, 0.5) is 20.2 Å². The van der Waals surface area contributed by atoms with E-state index in [1.54, 1.807) is 11.8 Å². The van der Waals surface area contributed by atoms with E-state index in [-0.39, 0.29) is 11.6 Å². The van der Waals surface area contributed by atoms with Crippen LogP contribution in [0.3, 0.4) is 0 Å². The van der Waals surface area contributed by atoms with Crippen molar-refractivity contribution in [2.75, 3.05) is 18.0 Å². The summed E-state index contributed by atoms with van der Waals surface area (Å²) in [5, 5.41) is 15.3. The Morgan fingerprint density at radius 3 is 2.52 bits per heavy atom. The van der Waals surface area contributed by atoms with Gasteiger partial charge in [-0.15, -0.1) is 0 Å². The zero-order valence-corrected chi connectivity index (χ0v) is 15.0. The predicted molar refractivity (Wildman–Crippen MR) is 89.5 cm³/mol. The number of anilines is 1. The first-order chi connectivity index (χ1) is 12.7. The summed E-state index contributed by atoms with van der Waals surface area (Å²) in [6, 6.07) is 2.86. The van der Waals surface area contributed by atoms with E-state index in [2.05, 4.69) is 10.1 Å². The molecule has 0 N–H and O–H groups in total. The smallest absolute Gasteiger partial charge is 0.341 e. The topological polar surface area (TPSA) is 119 Å². The van der Waals surface area contributed by atoms with E-state index in [0.29, 0.717) is 43.7 Å². The van der Waals surface area contributed by atoms with Crippen LogP contribution >= 0.6 is 0 Å². The SMILES string of the molecule is Cc1nc(C2CCN(c3ccc(S(=O)(=O)C(F)F)cc3[N+](=O)[O-])CC2)no1. The number of benzene rings is 1. The highest BCUT2D eigenvalue weighted by Gasteiger charge is 2.32. The monoisotopic (exact) mass is 402 g/mol. The molecule has 3 rings (SSSR count). The van der Waals surface area contributed by atoms with Crippen molar-refractivity contribution in [2.45, 2.75) is 36.3 Å². The first kappa shape index (κ1) is 19.1. The average molecular weight is 402 g/mol. The number of hydrogen-bond donors (Lipinski definition) is 0. The molecule has 0 spiro atoms. The molecular formula is C15H16F2N4O5S. The molecule has 12 heteroatoms.